The first-order valence-electron chi connectivity index (χ1n) is 5.29. The third-order valence-corrected chi connectivity index (χ3v) is 3.33. The van der Waals surface area contributed by atoms with Crippen molar-refractivity contribution < 1.29 is 22.0 Å². The van der Waals surface area contributed by atoms with Crippen LogP contribution in [0.3, 0.4) is 0 Å². The number of aromatic nitrogens is 3. The maximum atomic E-state index is 13.4. The first-order valence-corrected chi connectivity index (χ1v) is 5.29. The second-order valence-electron chi connectivity index (χ2n) is 4.54. The van der Waals surface area contributed by atoms with Crippen LogP contribution in [0.15, 0.2) is 6.20 Å². The highest BCUT2D eigenvalue weighted by atomic mass is 19.4. The lowest BCUT2D eigenvalue weighted by Crippen LogP contribution is -2.42. The normalized spacial score (nSPS) is 22.6. The van der Waals surface area contributed by atoms with E-state index in [0.717, 1.165) is 13.1 Å². The van der Waals surface area contributed by atoms with Crippen LogP contribution >= 0.6 is 0 Å². The van der Waals surface area contributed by atoms with E-state index in [-0.39, 0.29) is 11.4 Å². The molecule has 1 aliphatic heterocycles. The largest absolute Gasteiger partial charge is 0.401 e. The molecule has 0 radical (unpaired) electrons. The number of nitrogens with one attached hydrogen (secondary N) is 1. The van der Waals surface area contributed by atoms with Crippen LogP contribution in [0, 0.1) is 11.8 Å². The van der Waals surface area contributed by atoms with Gasteiger partial charge in [-0.05, 0) is 6.92 Å². The number of alkyl halides is 3. The second kappa shape index (κ2) is 3.34. The molecule has 2 aromatic heterocycles. The van der Waals surface area contributed by atoms with Crippen LogP contribution in [0.25, 0.3) is 5.65 Å². The van der Waals surface area contributed by atoms with Gasteiger partial charge < -0.3 is 5.32 Å². The molecule has 0 aromatic carbocycles. The Balaban J connectivity index is 2.38. The van der Waals surface area contributed by atoms with E-state index in [1.807, 2.05) is 0 Å². The van der Waals surface area contributed by atoms with Gasteiger partial charge in [-0.25, -0.2) is 9.50 Å². The number of hydrogen-bond donors (Lipinski definition) is 1. The van der Waals surface area contributed by atoms with Crippen molar-refractivity contribution >= 4 is 11.3 Å². The van der Waals surface area contributed by atoms with Crippen molar-refractivity contribution in [1.82, 2.24) is 14.6 Å². The Bertz CT molecular complexity index is 677. The van der Waals surface area contributed by atoms with Crippen LogP contribution in [0.2, 0.25) is 0 Å². The molecular formula is C10H7F5N4. The zero-order chi connectivity index (χ0) is 14.0. The first kappa shape index (κ1) is 12.1. The van der Waals surface area contributed by atoms with Gasteiger partial charge in [0.15, 0.2) is 5.65 Å². The maximum absolute atomic E-state index is 13.4. The minimum Gasteiger partial charge on any atom is -0.381 e. The van der Waals surface area contributed by atoms with Gasteiger partial charge in [0, 0.05) is 6.54 Å². The Morgan fingerprint density at radius 1 is 1.37 bits per heavy atom. The van der Waals surface area contributed by atoms with Crippen LogP contribution in [-0.4, -0.2) is 27.3 Å². The molecular weight excluding hydrogens is 271 g/mol. The average molecular weight is 278 g/mol. The van der Waals surface area contributed by atoms with E-state index >= 15 is 0 Å². The topological polar surface area (TPSA) is 42.2 Å². The second-order valence-corrected chi connectivity index (χ2v) is 4.54. The monoisotopic (exact) mass is 278 g/mol. The quantitative estimate of drug-likeness (QED) is 0.752. The molecule has 3 heterocycles. The fraction of sp³-hybridized carbons (Fsp3) is 0.400. The van der Waals surface area contributed by atoms with E-state index in [4.69, 9.17) is 0 Å². The summed E-state index contributed by atoms with van der Waals surface area (Å²) in [6.45, 7) is 0.512. The predicted octanol–water partition coefficient (Wildman–Crippen LogP) is 2.25. The fourth-order valence-electron chi connectivity index (χ4n) is 2.18. The molecule has 0 saturated heterocycles. The minimum absolute atomic E-state index is 0.0647. The molecule has 1 unspecified atom stereocenters. The number of nitrogens with zero attached hydrogens (tertiary/aromatic N) is 3. The highest BCUT2D eigenvalue weighted by Gasteiger charge is 2.57. The van der Waals surface area contributed by atoms with Gasteiger partial charge in [0.2, 0.25) is 5.82 Å². The van der Waals surface area contributed by atoms with Gasteiger partial charge in [-0.1, -0.05) is 0 Å². The highest BCUT2D eigenvalue weighted by Crippen LogP contribution is 2.47. The van der Waals surface area contributed by atoms with Crippen molar-refractivity contribution in [2.24, 2.45) is 0 Å². The van der Waals surface area contributed by atoms with Gasteiger partial charge in [0.1, 0.15) is 5.41 Å². The van der Waals surface area contributed by atoms with Crippen molar-refractivity contribution in [1.29, 1.82) is 0 Å². The zero-order valence-electron chi connectivity index (χ0n) is 9.52. The van der Waals surface area contributed by atoms with Crippen LogP contribution in [-0.2, 0) is 5.41 Å². The number of rotatable bonds is 0. The van der Waals surface area contributed by atoms with E-state index in [2.05, 4.69) is 15.4 Å². The van der Waals surface area contributed by atoms with Gasteiger partial charge in [0.25, 0.3) is 5.95 Å². The lowest BCUT2D eigenvalue weighted by Gasteiger charge is -2.26. The first-order chi connectivity index (χ1) is 8.75. The van der Waals surface area contributed by atoms with Crippen molar-refractivity contribution in [2.75, 3.05) is 11.9 Å². The van der Waals surface area contributed by atoms with Crippen molar-refractivity contribution in [3.05, 3.63) is 23.7 Å². The number of halogens is 5. The predicted molar refractivity (Wildman–Crippen MR) is 54.8 cm³/mol. The number of hydrogen-bond acceptors (Lipinski definition) is 3. The number of fused-ring (bicyclic) bond motifs is 3. The highest BCUT2D eigenvalue weighted by molar-refractivity contribution is 5.60. The smallest absolute Gasteiger partial charge is 0.381 e. The molecule has 0 amide bonds. The van der Waals surface area contributed by atoms with Crippen molar-refractivity contribution in [2.45, 2.75) is 18.5 Å². The molecule has 3 rings (SSSR count). The van der Waals surface area contributed by atoms with Crippen LogP contribution in [0.1, 0.15) is 12.6 Å². The van der Waals surface area contributed by atoms with Crippen molar-refractivity contribution in [3.8, 4) is 0 Å². The number of anilines is 1. The molecule has 4 nitrogen and oxygen atoms in total. The summed E-state index contributed by atoms with van der Waals surface area (Å²) in [7, 11) is 0. The molecule has 1 atom stereocenters. The molecule has 0 bridgehead atoms. The van der Waals surface area contributed by atoms with Gasteiger partial charge in [-0.15, -0.1) is 5.10 Å². The molecule has 0 spiro atoms. The molecule has 9 heteroatoms. The minimum atomic E-state index is -4.58. The molecule has 0 saturated carbocycles. The molecule has 2 aromatic rings. The molecule has 0 aliphatic carbocycles. The van der Waals surface area contributed by atoms with Gasteiger partial charge in [0.05, 0.1) is 17.6 Å². The summed E-state index contributed by atoms with van der Waals surface area (Å²) in [5.41, 5.74) is -3.12. The summed E-state index contributed by atoms with van der Waals surface area (Å²) in [4.78, 5) is 3.58. The van der Waals surface area contributed by atoms with Gasteiger partial charge >= 0.3 is 6.18 Å². The summed E-state index contributed by atoms with van der Waals surface area (Å²) in [5, 5.41) is 5.70. The Kier molecular flexibility index (Phi) is 2.13. The summed E-state index contributed by atoms with van der Waals surface area (Å²) < 4.78 is 66.5. The van der Waals surface area contributed by atoms with Gasteiger partial charge in [-0.2, -0.15) is 22.0 Å². The zero-order valence-corrected chi connectivity index (χ0v) is 9.52. The Morgan fingerprint density at radius 3 is 2.68 bits per heavy atom. The maximum Gasteiger partial charge on any atom is 0.401 e. The Morgan fingerprint density at radius 2 is 2.05 bits per heavy atom. The lowest BCUT2D eigenvalue weighted by atomic mass is 9.88. The van der Waals surface area contributed by atoms with Crippen LogP contribution in [0.4, 0.5) is 27.6 Å². The average Bonchev–Trinajstić information content (AvgIpc) is 2.80. The molecule has 0 fully saturated rings. The molecule has 1 aliphatic rings. The van der Waals surface area contributed by atoms with E-state index in [0.29, 0.717) is 4.52 Å². The summed E-state index contributed by atoms with van der Waals surface area (Å²) in [5.74, 6) is -2.84. The molecule has 19 heavy (non-hydrogen) atoms. The van der Waals surface area contributed by atoms with E-state index in [1.54, 1.807) is 0 Å². The van der Waals surface area contributed by atoms with E-state index < -0.39 is 35.5 Å². The Labute approximate surface area is 103 Å². The summed E-state index contributed by atoms with van der Waals surface area (Å²) in [6.07, 6.45) is -3.54. The lowest BCUT2D eigenvalue weighted by molar-refractivity contribution is -0.181. The molecule has 1 N–H and O–H groups in total. The third kappa shape index (κ3) is 1.38. The van der Waals surface area contributed by atoms with Gasteiger partial charge in [-0.3, -0.25) is 0 Å². The summed E-state index contributed by atoms with van der Waals surface area (Å²) in [6, 6.07) is 0. The summed E-state index contributed by atoms with van der Waals surface area (Å²) >= 11 is 0. The van der Waals surface area contributed by atoms with E-state index in [9.17, 15) is 22.0 Å². The van der Waals surface area contributed by atoms with Crippen molar-refractivity contribution in [3.63, 3.8) is 0 Å². The van der Waals surface area contributed by atoms with E-state index in [1.165, 1.54) is 0 Å². The third-order valence-electron chi connectivity index (χ3n) is 3.33. The van der Waals surface area contributed by atoms with Crippen LogP contribution < -0.4 is 5.32 Å². The standard InChI is InChI=1S/C10H7F5N4/c1-9(10(13,14)15)3-17-4-2-16-8-5(11)7(12)18-19(8)6(4)9/h2,17H,3H2,1H3. The SMILES string of the molecule is CC1(C(F)(F)F)CNc2cnc3c(F)c(F)nn3c21. The fourth-order valence-corrected chi connectivity index (χ4v) is 2.18. The van der Waals surface area contributed by atoms with Crippen LogP contribution in [0.5, 0.6) is 0 Å². The Hall–Kier alpha value is -1.93. The molecule has 102 valence electrons.